The van der Waals surface area contributed by atoms with Gasteiger partial charge in [-0.2, -0.15) is 0 Å². The predicted molar refractivity (Wildman–Crippen MR) is 20.9 cm³/mol. The van der Waals surface area contributed by atoms with Crippen LogP contribution < -0.4 is 34.7 Å². The first-order chi connectivity index (χ1) is 3.15. The predicted octanol–water partition coefficient (Wildman–Crippen LogP) is -3.87. The third-order valence-corrected chi connectivity index (χ3v) is 0. The van der Waals surface area contributed by atoms with Crippen molar-refractivity contribution in [1.82, 2.24) is 0 Å². The smallest absolute Gasteiger partial charge is 0.855 e. The summed E-state index contributed by atoms with van der Waals surface area (Å²) in [5.74, 6) is 0. The number of rotatable bonds is 0. The van der Waals surface area contributed by atoms with E-state index < -0.39 is 5.09 Å². The number of nitrogens with zero attached hydrogens (tertiary/aromatic N) is 1. The van der Waals surface area contributed by atoms with Crippen LogP contribution in [0.1, 0.15) is 6.92 Å². The average molecular weight is 238 g/mol. The normalized spacial score (nSPS) is 4.67. The van der Waals surface area contributed by atoms with Crippen molar-refractivity contribution in [2.45, 2.75) is 6.92 Å². The number of hydrogen-bond donors (Lipinski definition) is 0. The van der Waals surface area contributed by atoms with E-state index in [1.54, 1.807) is 6.92 Å². The van der Waals surface area contributed by atoms with E-state index in [4.69, 9.17) is 20.4 Å². The third kappa shape index (κ3) is 523. The van der Waals surface area contributed by atoms with Gasteiger partial charge in [-0.1, -0.05) is 6.92 Å². The van der Waals surface area contributed by atoms with E-state index in [0.717, 1.165) is 0 Å². The largest absolute Gasteiger partial charge is 1.00 e. The molecule has 0 saturated carbocycles. The van der Waals surface area contributed by atoms with Gasteiger partial charge in [-0.15, -0.1) is 6.61 Å². The van der Waals surface area contributed by atoms with Gasteiger partial charge in [-0.05, 0) is 0 Å². The zero-order valence-corrected chi connectivity index (χ0v) is 8.57. The van der Waals surface area contributed by atoms with E-state index in [1.807, 2.05) is 0 Å². The topological polar surface area (TPSA) is 89.3 Å². The Labute approximate surface area is 90.4 Å². The maximum Gasteiger partial charge on any atom is 1.00 e. The fourth-order valence-corrected chi connectivity index (χ4v) is 0. The van der Waals surface area contributed by atoms with Gasteiger partial charge >= 0.3 is 51.9 Å². The maximum atomic E-state index is 8.93. The van der Waals surface area contributed by atoms with Gasteiger partial charge in [0, 0.05) is 0 Å². The minimum Gasteiger partial charge on any atom is -0.855 e. The van der Waals surface area contributed by atoms with Crippen molar-refractivity contribution in [3.05, 3.63) is 15.3 Å². The minimum atomic E-state index is -1.75. The van der Waals surface area contributed by atoms with E-state index in [1.165, 1.54) is 0 Å². The Morgan fingerprint density at radius 2 is 1.44 bits per heavy atom. The van der Waals surface area contributed by atoms with Crippen molar-refractivity contribution >= 4 is 0 Å². The molecule has 0 heterocycles. The molecule has 0 aromatic heterocycles. The molecule has 0 bridgehead atoms. The van der Waals surface area contributed by atoms with Gasteiger partial charge in [0.25, 0.3) is 0 Å². The molecule has 0 aromatic carbocycles. The zero-order valence-electron chi connectivity index (χ0n) is 5.09. The van der Waals surface area contributed by atoms with Crippen molar-refractivity contribution in [3.8, 4) is 0 Å². The monoisotopic (exact) mass is 237 g/mol. The summed E-state index contributed by atoms with van der Waals surface area (Å²) in [7, 11) is 0. The third-order valence-electron chi connectivity index (χ3n) is 0. The van der Waals surface area contributed by atoms with Crippen LogP contribution in [0.15, 0.2) is 0 Å². The fourth-order valence-electron chi connectivity index (χ4n) is 0. The van der Waals surface area contributed by atoms with Gasteiger partial charge in [0.1, 0.15) is 0 Å². The Hall–Kier alpha value is 0.900. The molecule has 5 nitrogen and oxygen atoms in total. The van der Waals surface area contributed by atoms with Crippen LogP contribution in [0.2, 0.25) is 0 Å². The minimum absolute atomic E-state index is 0. The van der Waals surface area contributed by atoms with E-state index in [0.29, 0.717) is 0 Å². The molecule has 0 aromatic rings. The molecular weight excluding hydrogens is 233 g/mol. The first-order valence-corrected chi connectivity index (χ1v) is 1.54. The second-order valence-electron chi connectivity index (χ2n) is 0.512. The van der Waals surface area contributed by atoms with Crippen LogP contribution in [-0.2, 0) is 22.4 Å². The van der Waals surface area contributed by atoms with E-state index >= 15 is 0 Å². The molecule has 0 N–H and O–H groups in total. The van der Waals surface area contributed by atoms with Crippen LogP contribution in [0.25, 0.3) is 0 Å². The summed E-state index contributed by atoms with van der Waals surface area (Å²) in [4.78, 5) is 8.25. The summed E-state index contributed by atoms with van der Waals surface area (Å²) >= 11 is 0. The van der Waals surface area contributed by atoms with Gasteiger partial charge < -0.3 is 20.4 Å². The molecule has 0 aliphatic carbocycles. The summed E-state index contributed by atoms with van der Waals surface area (Å²) in [6.07, 6.45) is 0. The summed E-state index contributed by atoms with van der Waals surface area (Å²) < 4.78 is 0. The molecule has 9 heavy (non-hydrogen) atoms. The Morgan fingerprint density at radius 3 is 1.44 bits per heavy atom. The fraction of sp³-hybridized carbons (Fsp3) is 1.00. The van der Waals surface area contributed by atoms with E-state index in [-0.39, 0.29) is 58.5 Å². The molecule has 0 saturated heterocycles. The zero-order chi connectivity index (χ0) is 6.28. The van der Waals surface area contributed by atoms with Crippen LogP contribution in [0, 0.1) is 15.3 Å². The SMILES string of the molecule is CC[O-].O=[N+]([O-])[O-].[Ag+].[Na+]. The van der Waals surface area contributed by atoms with Gasteiger partial charge in [0.15, 0.2) is 0 Å². The number of hydrogen-bond acceptors (Lipinski definition) is 4. The Kier molecular flexibility index (Phi) is 57.9. The Balaban J connectivity index is -0.0000000233. The maximum absolute atomic E-state index is 8.93. The van der Waals surface area contributed by atoms with E-state index in [2.05, 4.69) is 0 Å². The molecule has 0 aliphatic heterocycles. The molecule has 0 fully saturated rings. The Bertz CT molecular complexity index is 49.8. The standard InChI is InChI=1S/C2H5O.Ag.NO3.Na/c1-2-3;;2-1(3)4;/h2H2,1H3;;;/q-1;+1;-1;+1. The van der Waals surface area contributed by atoms with Gasteiger partial charge in [0.2, 0.25) is 0 Å². The molecule has 0 spiro atoms. The molecule has 0 unspecified atom stereocenters. The van der Waals surface area contributed by atoms with Gasteiger partial charge in [-0.3, -0.25) is 0 Å². The molecule has 0 atom stereocenters. The van der Waals surface area contributed by atoms with Crippen LogP contribution >= 0.6 is 0 Å². The molecule has 0 rings (SSSR count). The molecule has 0 radical (unpaired) electrons. The molecule has 7 heteroatoms. The summed E-state index contributed by atoms with van der Waals surface area (Å²) in [5, 5.41) is 23.7. The van der Waals surface area contributed by atoms with Crippen LogP contribution in [-0.4, -0.2) is 11.7 Å². The average Bonchev–Trinajstić information content (AvgIpc) is 1.33. The molecule has 54 valence electrons. The first-order valence-electron chi connectivity index (χ1n) is 1.54. The summed E-state index contributed by atoms with van der Waals surface area (Å²) in [5.41, 5.74) is 0. The summed E-state index contributed by atoms with van der Waals surface area (Å²) in [6, 6.07) is 0. The van der Waals surface area contributed by atoms with Crippen LogP contribution in [0.3, 0.4) is 0 Å². The molecular formula is C2H5AgNNaO4. The molecule has 0 aliphatic rings. The Morgan fingerprint density at radius 1 is 1.44 bits per heavy atom. The van der Waals surface area contributed by atoms with Crippen molar-refractivity contribution in [3.63, 3.8) is 0 Å². The second kappa shape index (κ2) is 23.1. The van der Waals surface area contributed by atoms with E-state index in [9.17, 15) is 0 Å². The molecule has 0 amide bonds. The van der Waals surface area contributed by atoms with Crippen LogP contribution in [0.4, 0.5) is 0 Å². The van der Waals surface area contributed by atoms with Crippen molar-refractivity contribution in [1.29, 1.82) is 0 Å². The first kappa shape index (κ1) is 22.5. The van der Waals surface area contributed by atoms with Crippen molar-refractivity contribution < 1.29 is 62.1 Å². The van der Waals surface area contributed by atoms with Gasteiger partial charge in [-0.25, -0.2) is 0 Å². The van der Waals surface area contributed by atoms with Crippen molar-refractivity contribution in [2.75, 3.05) is 6.61 Å². The second-order valence-corrected chi connectivity index (χ2v) is 0.512. The summed E-state index contributed by atoms with van der Waals surface area (Å²) in [6.45, 7) is 1.57. The van der Waals surface area contributed by atoms with Crippen molar-refractivity contribution in [2.24, 2.45) is 0 Å². The van der Waals surface area contributed by atoms with Gasteiger partial charge in [0.05, 0.1) is 5.09 Å². The van der Waals surface area contributed by atoms with Crippen LogP contribution in [0.5, 0.6) is 0 Å². The quantitative estimate of drug-likeness (QED) is 0.245.